The zero-order valence-corrected chi connectivity index (χ0v) is 6.89. The minimum Gasteiger partial charge on any atom is -0.399 e. The van der Waals surface area contributed by atoms with E-state index in [2.05, 4.69) is 0 Å². The highest BCUT2D eigenvalue weighted by molar-refractivity contribution is 5.28. The lowest BCUT2D eigenvalue weighted by Crippen LogP contribution is -1.96. The van der Waals surface area contributed by atoms with Crippen molar-refractivity contribution in [1.29, 1.82) is 0 Å². The molecule has 0 aliphatic rings. The molecular weight excluding hydrogens is 122 g/mol. The van der Waals surface area contributed by atoms with Crippen LogP contribution < -0.4 is 5.73 Å². The van der Waals surface area contributed by atoms with Gasteiger partial charge in [-0.15, -0.1) is 0 Å². The molecule has 0 aliphatic carbocycles. The Kier molecular flexibility index (Phi) is 4.38. The summed E-state index contributed by atoms with van der Waals surface area (Å²) in [4.78, 5) is 0. The van der Waals surface area contributed by atoms with Crippen LogP contribution in [-0.4, -0.2) is 0 Å². The average molecular weight is 137 g/mol. The highest BCUT2D eigenvalue weighted by Gasteiger charge is 1.86. The molecule has 0 heterocycles. The molecule has 0 aromatic heterocycles. The second-order valence-electron chi connectivity index (χ2n) is 2.12. The summed E-state index contributed by atoms with van der Waals surface area (Å²) >= 11 is 0. The predicted octanol–water partition coefficient (Wildman–Crippen LogP) is 2.37. The van der Waals surface area contributed by atoms with Crippen molar-refractivity contribution in [2.75, 3.05) is 0 Å². The number of hydrogen-bond donors (Lipinski definition) is 1. The largest absolute Gasteiger partial charge is 0.399 e. The van der Waals surface area contributed by atoms with Crippen molar-refractivity contribution in [2.45, 2.75) is 20.8 Å². The van der Waals surface area contributed by atoms with Gasteiger partial charge >= 0.3 is 0 Å². The first-order valence-corrected chi connectivity index (χ1v) is 3.44. The molecule has 0 amide bonds. The van der Waals surface area contributed by atoms with Crippen molar-refractivity contribution in [1.82, 2.24) is 0 Å². The summed E-state index contributed by atoms with van der Waals surface area (Å²) in [6.07, 6.45) is 7.85. The lowest BCUT2D eigenvalue weighted by Gasteiger charge is -1.96. The van der Waals surface area contributed by atoms with Crippen LogP contribution in [0.3, 0.4) is 0 Å². The first-order valence-electron chi connectivity index (χ1n) is 3.44. The van der Waals surface area contributed by atoms with Gasteiger partial charge in [-0.1, -0.05) is 24.3 Å². The Balaban J connectivity index is 4.19. The van der Waals surface area contributed by atoms with Crippen molar-refractivity contribution >= 4 is 0 Å². The predicted molar refractivity (Wildman–Crippen MR) is 46.5 cm³/mol. The van der Waals surface area contributed by atoms with E-state index in [1.165, 1.54) is 0 Å². The van der Waals surface area contributed by atoms with Crippen LogP contribution in [0.15, 0.2) is 35.6 Å². The fourth-order valence-corrected chi connectivity index (χ4v) is 0.564. The fourth-order valence-electron chi connectivity index (χ4n) is 0.564. The molecule has 2 N–H and O–H groups in total. The van der Waals surface area contributed by atoms with Crippen molar-refractivity contribution < 1.29 is 0 Å². The summed E-state index contributed by atoms with van der Waals surface area (Å²) < 4.78 is 0. The molecule has 0 atom stereocenters. The SMILES string of the molecule is C\C=C/C=C(C)\C(N)=C/C. The fraction of sp³-hybridized carbons (Fsp3) is 0.333. The maximum atomic E-state index is 5.62. The van der Waals surface area contributed by atoms with Crippen LogP contribution in [0.5, 0.6) is 0 Å². The molecular formula is C9H15N. The van der Waals surface area contributed by atoms with E-state index < -0.39 is 0 Å². The number of nitrogens with two attached hydrogens (primary N) is 1. The van der Waals surface area contributed by atoms with Gasteiger partial charge < -0.3 is 5.73 Å². The van der Waals surface area contributed by atoms with Crippen LogP contribution >= 0.6 is 0 Å². The Labute approximate surface area is 62.9 Å². The van der Waals surface area contributed by atoms with Crippen LogP contribution in [0.2, 0.25) is 0 Å². The highest BCUT2D eigenvalue weighted by Crippen LogP contribution is 2.01. The van der Waals surface area contributed by atoms with Crippen LogP contribution in [0.4, 0.5) is 0 Å². The Bertz CT molecular complexity index is 173. The second kappa shape index (κ2) is 4.86. The average Bonchev–Trinajstić information content (AvgIpc) is 1.98. The summed E-state index contributed by atoms with van der Waals surface area (Å²) in [5.41, 5.74) is 7.57. The molecule has 0 rings (SSSR count). The number of rotatable bonds is 2. The molecule has 0 saturated carbocycles. The van der Waals surface area contributed by atoms with Gasteiger partial charge in [-0.05, 0) is 26.3 Å². The van der Waals surface area contributed by atoms with E-state index in [1.807, 2.05) is 45.1 Å². The summed E-state index contributed by atoms with van der Waals surface area (Å²) in [6, 6.07) is 0. The molecule has 0 aromatic carbocycles. The maximum absolute atomic E-state index is 5.62. The van der Waals surface area contributed by atoms with Crippen LogP contribution in [0, 0.1) is 0 Å². The minimum absolute atomic E-state index is 0.845. The van der Waals surface area contributed by atoms with E-state index in [0.29, 0.717) is 0 Å². The van der Waals surface area contributed by atoms with Gasteiger partial charge in [-0.2, -0.15) is 0 Å². The molecule has 56 valence electrons. The quantitative estimate of drug-likeness (QED) is 0.581. The molecule has 0 spiro atoms. The zero-order valence-electron chi connectivity index (χ0n) is 6.89. The maximum Gasteiger partial charge on any atom is 0.0300 e. The molecule has 1 heteroatoms. The van der Waals surface area contributed by atoms with E-state index in [4.69, 9.17) is 5.73 Å². The van der Waals surface area contributed by atoms with Crippen molar-refractivity contribution in [2.24, 2.45) is 5.73 Å². The van der Waals surface area contributed by atoms with Gasteiger partial charge in [0.05, 0.1) is 0 Å². The first kappa shape index (κ1) is 9.02. The van der Waals surface area contributed by atoms with Crippen molar-refractivity contribution in [3.63, 3.8) is 0 Å². The third kappa shape index (κ3) is 3.13. The van der Waals surface area contributed by atoms with E-state index in [0.717, 1.165) is 11.3 Å². The minimum atomic E-state index is 0.845. The van der Waals surface area contributed by atoms with Crippen LogP contribution in [0.1, 0.15) is 20.8 Å². The smallest absolute Gasteiger partial charge is 0.0300 e. The van der Waals surface area contributed by atoms with E-state index in [9.17, 15) is 0 Å². The highest BCUT2D eigenvalue weighted by atomic mass is 14.6. The zero-order chi connectivity index (χ0) is 7.98. The van der Waals surface area contributed by atoms with Crippen LogP contribution in [0.25, 0.3) is 0 Å². The molecule has 0 saturated heterocycles. The second-order valence-corrected chi connectivity index (χ2v) is 2.12. The third-order valence-corrected chi connectivity index (χ3v) is 1.31. The summed E-state index contributed by atoms with van der Waals surface area (Å²) in [6.45, 7) is 5.91. The van der Waals surface area contributed by atoms with Crippen LogP contribution in [-0.2, 0) is 0 Å². The Morgan fingerprint density at radius 1 is 1.30 bits per heavy atom. The molecule has 0 unspecified atom stereocenters. The Hall–Kier alpha value is -0.980. The Morgan fingerprint density at radius 3 is 2.30 bits per heavy atom. The topological polar surface area (TPSA) is 26.0 Å². The normalized spacial score (nSPS) is 14.7. The molecule has 0 fully saturated rings. The third-order valence-electron chi connectivity index (χ3n) is 1.31. The van der Waals surface area contributed by atoms with Gasteiger partial charge in [0.1, 0.15) is 0 Å². The van der Waals surface area contributed by atoms with Gasteiger partial charge in [-0.3, -0.25) is 0 Å². The van der Waals surface area contributed by atoms with Crippen molar-refractivity contribution in [3.8, 4) is 0 Å². The summed E-state index contributed by atoms with van der Waals surface area (Å²) in [5.74, 6) is 0. The molecule has 1 nitrogen and oxygen atoms in total. The lowest BCUT2D eigenvalue weighted by atomic mass is 10.2. The molecule has 0 radical (unpaired) electrons. The molecule has 10 heavy (non-hydrogen) atoms. The van der Waals surface area contributed by atoms with Gasteiger partial charge in [0.2, 0.25) is 0 Å². The molecule has 0 aliphatic heterocycles. The monoisotopic (exact) mass is 137 g/mol. The number of allylic oxidation sites excluding steroid dienone is 5. The Morgan fingerprint density at radius 2 is 1.90 bits per heavy atom. The van der Waals surface area contributed by atoms with Gasteiger partial charge in [-0.25, -0.2) is 0 Å². The first-order chi connectivity index (χ1) is 4.72. The number of hydrogen-bond acceptors (Lipinski definition) is 1. The summed E-state index contributed by atoms with van der Waals surface area (Å²) in [7, 11) is 0. The molecule has 0 bridgehead atoms. The van der Waals surface area contributed by atoms with Gasteiger partial charge in [0.15, 0.2) is 0 Å². The molecule has 0 aromatic rings. The van der Waals surface area contributed by atoms with E-state index in [-0.39, 0.29) is 0 Å². The summed E-state index contributed by atoms with van der Waals surface area (Å²) in [5, 5.41) is 0. The standard InChI is InChI=1S/C9H15N/c1-4-6-7-8(3)9(10)5-2/h4-7H,10H2,1-3H3/b6-4-,8-7-,9-5+. The van der Waals surface area contributed by atoms with Crippen molar-refractivity contribution in [3.05, 3.63) is 35.6 Å². The van der Waals surface area contributed by atoms with Gasteiger partial charge in [0.25, 0.3) is 0 Å². The lowest BCUT2D eigenvalue weighted by molar-refractivity contribution is 1.27. The van der Waals surface area contributed by atoms with E-state index in [1.54, 1.807) is 0 Å². The van der Waals surface area contributed by atoms with E-state index >= 15 is 0 Å². The van der Waals surface area contributed by atoms with Gasteiger partial charge in [0, 0.05) is 5.70 Å².